The van der Waals surface area contributed by atoms with E-state index >= 15 is 0 Å². The lowest BCUT2D eigenvalue weighted by Crippen LogP contribution is -2.20. The molecule has 0 unspecified atom stereocenters. The standard InChI is InChI=1S/C27H25N3O4/c1-3-4-17-33-22-15-11-21(12-16-22)27(32)34-23-13-9-20(10-14-23)18-28-30-19(2)29-25-8-6-5-7-24(25)26(30)31/h5-16,18H,3-4,17H2,1-2H3/b28-18+. The van der Waals surface area contributed by atoms with Gasteiger partial charge in [-0.2, -0.15) is 9.78 Å². The molecule has 0 aliphatic heterocycles. The van der Waals surface area contributed by atoms with Gasteiger partial charge in [-0.3, -0.25) is 4.79 Å². The normalized spacial score (nSPS) is 11.1. The highest BCUT2D eigenvalue weighted by Gasteiger charge is 2.09. The largest absolute Gasteiger partial charge is 0.494 e. The minimum absolute atomic E-state index is 0.230. The second kappa shape index (κ2) is 10.6. The molecule has 0 saturated heterocycles. The first-order chi connectivity index (χ1) is 16.5. The number of para-hydroxylation sites is 1. The number of benzene rings is 3. The van der Waals surface area contributed by atoms with Crippen LogP contribution in [0.3, 0.4) is 0 Å². The van der Waals surface area contributed by atoms with Crippen LogP contribution in [0.5, 0.6) is 11.5 Å². The Bertz CT molecular complexity index is 1370. The molecule has 4 rings (SSSR count). The monoisotopic (exact) mass is 455 g/mol. The molecule has 0 atom stereocenters. The van der Waals surface area contributed by atoms with E-state index in [-0.39, 0.29) is 5.56 Å². The van der Waals surface area contributed by atoms with Crippen LogP contribution in [0.4, 0.5) is 0 Å². The Morgan fingerprint density at radius 3 is 2.44 bits per heavy atom. The number of carbonyl (C=O) groups is 1. The molecule has 0 amide bonds. The van der Waals surface area contributed by atoms with E-state index in [0.29, 0.717) is 34.6 Å². The lowest BCUT2D eigenvalue weighted by atomic mass is 10.2. The fraction of sp³-hybridized carbons (Fsp3) is 0.185. The number of ether oxygens (including phenoxy) is 2. The van der Waals surface area contributed by atoms with E-state index in [2.05, 4.69) is 17.0 Å². The Balaban J connectivity index is 1.42. The summed E-state index contributed by atoms with van der Waals surface area (Å²) in [5.41, 5.74) is 1.59. The van der Waals surface area contributed by atoms with Crippen molar-refractivity contribution < 1.29 is 14.3 Å². The smallest absolute Gasteiger partial charge is 0.343 e. The highest BCUT2D eigenvalue weighted by molar-refractivity contribution is 5.91. The van der Waals surface area contributed by atoms with Crippen LogP contribution in [0.1, 0.15) is 41.5 Å². The van der Waals surface area contributed by atoms with Crippen molar-refractivity contribution in [1.82, 2.24) is 9.66 Å². The number of fused-ring (bicyclic) bond motifs is 1. The summed E-state index contributed by atoms with van der Waals surface area (Å²) in [6.07, 6.45) is 3.61. The van der Waals surface area contributed by atoms with Crippen LogP contribution >= 0.6 is 0 Å². The summed E-state index contributed by atoms with van der Waals surface area (Å²) in [4.78, 5) is 29.6. The topological polar surface area (TPSA) is 82.8 Å². The molecular formula is C27H25N3O4. The third-order valence-electron chi connectivity index (χ3n) is 5.19. The van der Waals surface area contributed by atoms with Crippen molar-refractivity contribution in [2.45, 2.75) is 26.7 Å². The predicted molar refractivity (Wildman–Crippen MR) is 132 cm³/mol. The molecule has 7 nitrogen and oxygen atoms in total. The Labute approximate surface area is 197 Å². The quantitative estimate of drug-likeness (QED) is 0.162. The number of aromatic nitrogens is 2. The van der Waals surface area contributed by atoms with Crippen molar-refractivity contribution in [2.75, 3.05) is 6.61 Å². The Hall–Kier alpha value is -4.26. The molecule has 34 heavy (non-hydrogen) atoms. The number of unbranched alkanes of at least 4 members (excludes halogenated alkanes) is 1. The maximum absolute atomic E-state index is 12.7. The number of hydrogen-bond donors (Lipinski definition) is 0. The molecule has 0 saturated carbocycles. The van der Waals surface area contributed by atoms with E-state index in [1.165, 1.54) is 4.68 Å². The van der Waals surface area contributed by atoms with E-state index in [1.807, 2.05) is 6.07 Å². The average Bonchev–Trinajstić information content (AvgIpc) is 2.85. The van der Waals surface area contributed by atoms with Gasteiger partial charge >= 0.3 is 5.97 Å². The van der Waals surface area contributed by atoms with Crippen molar-refractivity contribution in [3.05, 3.63) is 100 Å². The molecule has 3 aromatic carbocycles. The van der Waals surface area contributed by atoms with Gasteiger partial charge in [0.05, 0.1) is 29.3 Å². The Kier molecular flexibility index (Phi) is 7.13. The number of hydrogen-bond acceptors (Lipinski definition) is 6. The number of nitrogens with zero attached hydrogens (tertiary/aromatic N) is 3. The fourth-order valence-electron chi connectivity index (χ4n) is 3.30. The zero-order valence-corrected chi connectivity index (χ0v) is 19.1. The second-order valence-electron chi connectivity index (χ2n) is 7.72. The van der Waals surface area contributed by atoms with Crippen LogP contribution in [0.25, 0.3) is 10.9 Å². The van der Waals surface area contributed by atoms with Gasteiger partial charge in [0.2, 0.25) is 0 Å². The highest BCUT2D eigenvalue weighted by atomic mass is 16.5. The lowest BCUT2D eigenvalue weighted by Gasteiger charge is -2.07. The minimum atomic E-state index is -0.453. The lowest BCUT2D eigenvalue weighted by molar-refractivity contribution is 0.0734. The number of carbonyl (C=O) groups excluding carboxylic acids is 1. The van der Waals surface area contributed by atoms with Gasteiger partial charge in [0.1, 0.15) is 17.3 Å². The third-order valence-corrected chi connectivity index (χ3v) is 5.19. The van der Waals surface area contributed by atoms with E-state index in [0.717, 1.165) is 24.2 Å². The van der Waals surface area contributed by atoms with E-state index in [9.17, 15) is 9.59 Å². The van der Waals surface area contributed by atoms with Gasteiger partial charge in [-0.25, -0.2) is 9.78 Å². The molecular weight excluding hydrogens is 430 g/mol. The first-order valence-electron chi connectivity index (χ1n) is 11.1. The SMILES string of the molecule is CCCCOc1ccc(C(=O)Oc2ccc(/C=N/n3c(C)nc4ccccc4c3=O)cc2)cc1. The van der Waals surface area contributed by atoms with Gasteiger partial charge in [0.15, 0.2) is 0 Å². The number of rotatable bonds is 8. The molecule has 0 bridgehead atoms. The molecule has 0 aliphatic carbocycles. The first kappa shape index (κ1) is 22.9. The average molecular weight is 456 g/mol. The van der Waals surface area contributed by atoms with Crippen LogP contribution in [-0.4, -0.2) is 28.5 Å². The van der Waals surface area contributed by atoms with Crippen molar-refractivity contribution in [3.8, 4) is 11.5 Å². The molecule has 0 N–H and O–H groups in total. The molecule has 7 heteroatoms. The molecule has 0 fully saturated rings. The molecule has 0 aliphatic rings. The molecule has 1 aromatic heterocycles. The van der Waals surface area contributed by atoms with Crippen molar-refractivity contribution in [1.29, 1.82) is 0 Å². The summed E-state index contributed by atoms with van der Waals surface area (Å²) in [5, 5.41) is 4.80. The van der Waals surface area contributed by atoms with E-state index < -0.39 is 5.97 Å². The maximum Gasteiger partial charge on any atom is 0.343 e. The van der Waals surface area contributed by atoms with E-state index in [4.69, 9.17) is 9.47 Å². The molecule has 1 heterocycles. The minimum Gasteiger partial charge on any atom is -0.494 e. The van der Waals surface area contributed by atoms with Gasteiger partial charge in [-0.15, -0.1) is 0 Å². The predicted octanol–water partition coefficient (Wildman–Crippen LogP) is 4.99. The zero-order valence-electron chi connectivity index (χ0n) is 19.1. The van der Waals surface area contributed by atoms with Crippen molar-refractivity contribution in [3.63, 3.8) is 0 Å². The van der Waals surface area contributed by atoms with Crippen LogP contribution in [-0.2, 0) is 0 Å². The summed E-state index contributed by atoms with van der Waals surface area (Å²) in [7, 11) is 0. The van der Waals surface area contributed by atoms with Gasteiger partial charge < -0.3 is 9.47 Å². The highest BCUT2D eigenvalue weighted by Crippen LogP contribution is 2.17. The molecule has 0 radical (unpaired) electrons. The summed E-state index contributed by atoms with van der Waals surface area (Å²) < 4.78 is 12.3. The first-order valence-corrected chi connectivity index (χ1v) is 11.1. The maximum atomic E-state index is 12.7. The van der Waals surface area contributed by atoms with Gasteiger partial charge in [0.25, 0.3) is 5.56 Å². The molecule has 4 aromatic rings. The van der Waals surface area contributed by atoms with Crippen LogP contribution < -0.4 is 15.0 Å². The van der Waals surface area contributed by atoms with Gasteiger partial charge in [-0.1, -0.05) is 25.5 Å². The number of esters is 1. The molecule has 172 valence electrons. The zero-order chi connectivity index (χ0) is 23.9. The van der Waals surface area contributed by atoms with Crippen LogP contribution in [0.2, 0.25) is 0 Å². The summed E-state index contributed by atoms with van der Waals surface area (Å²) >= 11 is 0. The summed E-state index contributed by atoms with van der Waals surface area (Å²) in [6.45, 7) is 4.49. The number of aryl methyl sites for hydroxylation is 1. The van der Waals surface area contributed by atoms with Crippen LogP contribution in [0, 0.1) is 6.92 Å². The fourth-order valence-corrected chi connectivity index (χ4v) is 3.30. The second-order valence-corrected chi connectivity index (χ2v) is 7.72. The van der Waals surface area contributed by atoms with E-state index in [1.54, 1.807) is 79.9 Å². The third kappa shape index (κ3) is 5.38. The molecule has 0 spiro atoms. The van der Waals surface area contributed by atoms with Gasteiger partial charge in [-0.05, 0) is 79.6 Å². The summed E-state index contributed by atoms with van der Waals surface area (Å²) in [5.74, 6) is 1.17. The van der Waals surface area contributed by atoms with Crippen LogP contribution in [0.15, 0.2) is 82.7 Å². The summed E-state index contributed by atoms with van der Waals surface area (Å²) in [6, 6.07) is 20.9. The Morgan fingerprint density at radius 1 is 1.00 bits per heavy atom. The Morgan fingerprint density at radius 2 is 1.71 bits per heavy atom. The van der Waals surface area contributed by atoms with Crippen molar-refractivity contribution >= 4 is 23.1 Å². The van der Waals surface area contributed by atoms with Gasteiger partial charge in [0, 0.05) is 0 Å². The van der Waals surface area contributed by atoms with Crippen molar-refractivity contribution in [2.24, 2.45) is 5.10 Å².